The molecule has 6 saturated heterocycles. The van der Waals surface area contributed by atoms with Crippen LogP contribution in [-0.2, 0) is 56.9 Å². The quantitative estimate of drug-likeness (QED) is 0.0857. The van der Waals surface area contributed by atoms with E-state index in [1.165, 1.54) is 13.8 Å². The Morgan fingerprint density at radius 3 is 1.61 bits per heavy atom. The van der Waals surface area contributed by atoms with E-state index in [2.05, 4.69) is 48.5 Å². The largest absolute Gasteiger partial charge is 0.479 e. The Kier molecular flexibility index (Phi) is 18.3. The molecular formula is C60H98O27. The monoisotopic (exact) mass is 1250 g/mol. The van der Waals surface area contributed by atoms with Gasteiger partial charge in [0.05, 0.1) is 49.8 Å². The van der Waals surface area contributed by atoms with Gasteiger partial charge in [0.15, 0.2) is 37.6 Å². The van der Waals surface area contributed by atoms with Gasteiger partial charge in [0.25, 0.3) is 0 Å². The average Bonchev–Trinajstić information content (AvgIpc) is 1.62. The normalized spacial score (nSPS) is 57.2. The van der Waals surface area contributed by atoms with Crippen LogP contribution in [0.15, 0.2) is 0 Å². The van der Waals surface area contributed by atoms with Gasteiger partial charge in [-0.2, -0.15) is 0 Å². The van der Waals surface area contributed by atoms with Gasteiger partial charge in [-0.25, -0.2) is 4.79 Å². The maximum Gasteiger partial charge on any atom is 0.335 e. The first-order chi connectivity index (χ1) is 40.7. The standard InChI is InChI=1S/C60H98O27/c1-23-32(64)36(68)40(72)49(78-23)85-45-38(70)33(65)24(2)79-51(45)86-46-39(71)35(67)26(21-62)81-52(46)83-43-42(74)44(48(75)76)84-53(47(43)87-50-41(73)37(69)34(66)25(20-61)80-50)82-31-12-13-56(7)27(55(31,5)6)10-14-57(8)28(56)11-15-60-29-18-54(3,4)16-17-59(29,22-77-60)30(63)19-58(57,60)9/h23-47,49-53,61-74H,10-22H2,1-9H3,(H,75,76)/t23-,24-,25-,26-,27?,28-,29?,30-,31+,32-,33-,34-,35+,36+,37+,38+,39+,40+,41-,42+,43+,44+,45+,46-,47-,49?,50?,51?,52?,53?,56+,57-,58+,59-,60+/m1/s1. The molecular weight excluding hydrogens is 1150 g/mol. The lowest BCUT2D eigenvalue weighted by Gasteiger charge is -2.75. The number of carboxylic acid groups (broad SMARTS) is 1. The molecule has 5 saturated carbocycles. The van der Waals surface area contributed by atoms with Gasteiger partial charge in [-0.15, -0.1) is 0 Å². The second-order valence-electron chi connectivity index (χ2n) is 29.9. The van der Waals surface area contributed by atoms with Crippen molar-refractivity contribution in [2.45, 2.75) is 298 Å². The summed E-state index contributed by atoms with van der Waals surface area (Å²) in [4.78, 5) is 13.4. The van der Waals surface area contributed by atoms with Crippen molar-refractivity contribution in [2.24, 2.45) is 50.2 Å². The highest BCUT2D eigenvalue weighted by Gasteiger charge is 2.80. The fourth-order valence-electron chi connectivity index (χ4n) is 19.3. The number of carboxylic acids is 1. The predicted molar refractivity (Wildman–Crippen MR) is 293 cm³/mol. The summed E-state index contributed by atoms with van der Waals surface area (Å²) >= 11 is 0. The van der Waals surface area contributed by atoms with Gasteiger partial charge in [0.2, 0.25) is 0 Å². The van der Waals surface area contributed by atoms with Gasteiger partial charge in [0.1, 0.15) is 104 Å². The number of hydrogen-bond donors (Lipinski definition) is 15. The van der Waals surface area contributed by atoms with Crippen LogP contribution in [0.4, 0.5) is 0 Å². The molecule has 0 aromatic carbocycles. The van der Waals surface area contributed by atoms with Gasteiger partial charge < -0.3 is 129 Å². The average molecular weight is 1250 g/mol. The highest BCUT2D eigenvalue weighted by atomic mass is 16.8. The molecule has 11 fully saturated rings. The van der Waals surface area contributed by atoms with Crippen molar-refractivity contribution in [3.05, 3.63) is 0 Å². The minimum atomic E-state index is -2.30. The smallest absolute Gasteiger partial charge is 0.335 e. The SMILES string of the molecule is C[C@H]1OC(O[C@@H]2C(O[C@H]3C(O[C@H]4[C@H](O)[C@@H](C(=O)O)OC(O[C@H]5CC[C@@]6(C)C(CC[C@]7(C)[C@@H]6CC[C@]68OC[C@@]9(CCC(C)(C)CC96)[C@H](O)C[C@]87C)C5(C)C)[C@@H]4OC4O[C@H](CO)[C@@H](O)[C@H](O)[C@H]4O)O[C@H](CO)[C@H](O)[C@@H]3O)O[C@H](C)[C@@H](O)[C@@H]2O)[C@@H](O)[C@@H](O)[C@@H]1O. The molecule has 27 nitrogen and oxygen atoms in total. The van der Waals surface area contributed by atoms with Crippen LogP contribution in [0.25, 0.3) is 0 Å². The van der Waals surface area contributed by atoms with E-state index < -0.39 is 196 Å². The molecule has 2 bridgehead atoms. The van der Waals surface area contributed by atoms with Gasteiger partial charge in [-0.3, -0.25) is 0 Å². The lowest BCUT2D eigenvalue weighted by molar-refractivity contribution is -0.412. The van der Waals surface area contributed by atoms with Crippen LogP contribution < -0.4 is 0 Å². The van der Waals surface area contributed by atoms with E-state index in [9.17, 15) is 81.4 Å². The van der Waals surface area contributed by atoms with Crippen LogP contribution in [0, 0.1) is 50.2 Å². The van der Waals surface area contributed by atoms with Crippen LogP contribution in [0.2, 0.25) is 0 Å². The molecule has 11 aliphatic rings. The lowest BCUT2D eigenvalue weighted by atomic mass is 9.30. The van der Waals surface area contributed by atoms with E-state index >= 15 is 0 Å². The van der Waals surface area contributed by atoms with Gasteiger partial charge >= 0.3 is 5.97 Å². The van der Waals surface area contributed by atoms with Crippen molar-refractivity contribution in [3.63, 3.8) is 0 Å². The maximum absolute atomic E-state index is 13.4. The van der Waals surface area contributed by atoms with Crippen molar-refractivity contribution in [3.8, 4) is 0 Å². The summed E-state index contributed by atoms with van der Waals surface area (Å²) in [5.41, 5.74) is -2.18. The van der Waals surface area contributed by atoms with Crippen LogP contribution in [-0.4, -0.2) is 274 Å². The Balaban J connectivity index is 0.911. The zero-order valence-corrected chi connectivity index (χ0v) is 51.1. The summed E-state index contributed by atoms with van der Waals surface area (Å²) in [5.74, 6) is -1.33. The number of hydrogen-bond acceptors (Lipinski definition) is 26. The minimum Gasteiger partial charge on any atom is -0.479 e. The van der Waals surface area contributed by atoms with E-state index in [1.807, 2.05) is 0 Å². The van der Waals surface area contributed by atoms with E-state index in [1.54, 1.807) is 0 Å². The lowest BCUT2D eigenvalue weighted by Crippen LogP contribution is -2.74. The molecule has 5 aliphatic carbocycles. The predicted octanol–water partition coefficient (Wildman–Crippen LogP) is -2.38. The number of ether oxygens (including phenoxy) is 11. The molecule has 1 spiro atoms. The molecule has 0 radical (unpaired) electrons. The van der Waals surface area contributed by atoms with Crippen molar-refractivity contribution in [1.29, 1.82) is 0 Å². The summed E-state index contributed by atoms with van der Waals surface area (Å²) in [6, 6.07) is 0. The second kappa shape index (κ2) is 23.7. The molecule has 0 aromatic rings. The molecule has 6 heterocycles. The first kappa shape index (κ1) is 66.9. The maximum atomic E-state index is 13.4. The molecule has 0 aromatic heterocycles. The highest BCUT2D eigenvalue weighted by molar-refractivity contribution is 5.73. The molecule has 87 heavy (non-hydrogen) atoms. The van der Waals surface area contributed by atoms with Crippen LogP contribution >= 0.6 is 0 Å². The third-order valence-corrected chi connectivity index (χ3v) is 24.6. The summed E-state index contributed by atoms with van der Waals surface area (Å²) in [5, 5.41) is 167. The van der Waals surface area contributed by atoms with E-state index in [0.29, 0.717) is 25.9 Å². The second-order valence-corrected chi connectivity index (χ2v) is 29.9. The Labute approximate surface area is 506 Å². The van der Waals surface area contributed by atoms with Crippen LogP contribution in [0.5, 0.6) is 0 Å². The third kappa shape index (κ3) is 10.5. The zero-order valence-electron chi connectivity index (χ0n) is 51.1. The Morgan fingerprint density at radius 2 is 0.977 bits per heavy atom. The number of carbonyl (C=O) groups is 1. The molecule has 11 rings (SSSR count). The third-order valence-electron chi connectivity index (χ3n) is 24.6. The molecule has 6 aliphatic heterocycles. The molecule has 15 N–H and O–H groups in total. The molecule has 0 amide bonds. The Hall–Kier alpha value is -1.53. The Bertz CT molecular complexity index is 2440. The topological polar surface area (TPSA) is 422 Å². The first-order valence-electron chi connectivity index (χ1n) is 31.5. The fraction of sp³-hybridized carbons (Fsp3) is 0.983. The number of aliphatic carboxylic acids is 1. The van der Waals surface area contributed by atoms with Crippen LogP contribution in [0.3, 0.4) is 0 Å². The fourth-order valence-corrected chi connectivity index (χ4v) is 19.3. The molecule has 7 unspecified atom stereocenters. The molecule has 27 heteroatoms. The number of fused-ring (bicyclic) bond motifs is 4. The summed E-state index contributed by atoms with van der Waals surface area (Å²) in [6.45, 7) is 17.4. The summed E-state index contributed by atoms with van der Waals surface area (Å²) in [6.07, 6.45) is -40.2. The van der Waals surface area contributed by atoms with Crippen molar-refractivity contribution >= 4 is 5.97 Å². The first-order valence-corrected chi connectivity index (χ1v) is 31.5. The highest BCUT2D eigenvalue weighted by Crippen LogP contribution is 2.80. The summed E-state index contributed by atoms with van der Waals surface area (Å²) < 4.78 is 69.1. The molecule has 35 atom stereocenters. The number of rotatable bonds is 13. The van der Waals surface area contributed by atoms with E-state index in [0.717, 1.165) is 44.9 Å². The summed E-state index contributed by atoms with van der Waals surface area (Å²) in [7, 11) is 0. The van der Waals surface area contributed by atoms with Crippen molar-refractivity contribution in [2.75, 3.05) is 19.8 Å². The molecule has 500 valence electrons. The minimum absolute atomic E-state index is 0.0199. The zero-order chi connectivity index (χ0) is 63.4. The Morgan fingerprint density at radius 1 is 0.471 bits per heavy atom. The van der Waals surface area contributed by atoms with Gasteiger partial charge in [-0.1, -0.05) is 48.5 Å². The number of aliphatic hydroxyl groups excluding tert-OH is 14. The van der Waals surface area contributed by atoms with E-state index in [4.69, 9.17) is 52.1 Å². The van der Waals surface area contributed by atoms with Crippen molar-refractivity contribution < 1.29 is 133 Å². The van der Waals surface area contributed by atoms with Crippen LogP contribution in [0.1, 0.15) is 127 Å². The van der Waals surface area contributed by atoms with Gasteiger partial charge in [0, 0.05) is 10.8 Å². The van der Waals surface area contributed by atoms with E-state index in [-0.39, 0.29) is 44.8 Å². The number of aliphatic hydroxyl groups is 14. The van der Waals surface area contributed by atoms with Crippen molar-refractivity contribution in [1.82, 2.24) is 0 Å². The van der Waals surface area contributed by atoms with Gasteiger partial charge in [-0.05, 0) is 117 Å².